The number of hydrogen-bond donors (Lipinski definition) is 1. The first-order chi connectivity index (χ1) is 15.6. The van der Waals surface area contributed by atoms with Crippen molar-refractivity contribution in [3.05, 3.63) is 92.4 Å². The quantitative estimate of drug-likeness (QED) is 0.232. The average molecular weight is 546 g/mol. The van der Waals surface area contributed by atoms with E-state index in [1.54, 1.807) is 49.4 Å². The van der Waals surface area contributed by atoms with Crippen LogP contribution in [-0.4, -0.2) is 14.3 Å². The fourth-order valence-electron chi connectivity index (χ4n) is 2.82. The molecule has 0 aliphatic rings. The number of benzene rings is 3. The van der Waals surface area contributed by atoms with Crippen molar-refractivity contribution in [2.45, 2.75) is 18.7 Å². The second-order valence-corrected chi connectivity index (χ2v) is 9.94. The molecule has 168 valence electrons. The summed E-state index contributed by atoms with van der Waals surface area (Å²) in [7, 11) is -4.13. The summed E-state index contributed by atoms with van der Waals surface area (Å²) < 4.78 is 31.4. The molecule has 0 saturated heterocycles. The third-order valence-corrected chi connectivity index (χ3v) is 6.81. The number of carbonyl (C=O) groups is 1. The Morgan fingerprint density at radius 3 is 2.48 bits per heavy atom. The summed E-state index contributed by atoms with van der Waals surface area (Å²) in [4.78, 5) is 12.7. The van der Waals surface area contributed by atoms with Gasteiger partial charge >= 0.3 is 10.1 Å². The molecule has 0 radical (unpaired) electrons. The van der Waals surface area contributed by atoms with Gasteiger partial charge in [0.2, 0.25) is 0 Å². The van der Waals surface area contributed by atoms with E-state index in [1.165, 1.54) is 24.3 Å². The zero-order valence-electron chi connectivity index (χ0n) is 17.6. The molecule has 0 heterocycles. The molecule has 0 aliphatic carbocycles. The highest BCUT2D eigenvalue weighted by atomic mass is 79.9. The molecule has 0 unspecified atom stereocenters. The number of amides is 1. The number of nitrogens with one attached hydrogen (secondary N) is 1. The van der Waals surface area contributed by atoms with Crippen molar-refractivity contribution in [3.8, 4) is 11.8 Å². The molecule has 1 amide bonds. The zero-order valence-corrected chi connectivity index (χ0v) is 20.8. The minimum absolute atomic E-state index is 0.0133. The Hall–Kier alpha value is -3.12. The molecule has 0 aromatic heterocycles. The van der Waals surface area contributed by atoms with Crippen molar-refractivity contribution in [2.75, 3.05) is 5.32 Å². The number of aryl methyl sites for hydroxylation is 1. The molecule has 0 atom stereocenters. The third kappa shape index (κ3) is 6.02. The van der Waals surface area contributed by atoms with E-state index in [-0.39, 0.29) is 21.8 Å². The smallest absolute Gasteiger partial charge is 0.339 e. The summed E-state index contributed by atoms with van der Waals surface area (Å²) in [6.07, 6.45) is 1.26. The van der Waals surface area contributed by atoms with E-state index < -0.39 is 16.0 Å². The number of rotatable bonds is 6. The van der Waals surface area contributed by atoms with Crippen molar-refractivity contribution >= 4 is 55.3 Å². The Labute approximate surface area is 205 Å². The van der Waals surface area contributed by atoms with Gasteiger partial charge in [-0.05, 0) is 68.0 Å². The number of hydrogen-bond acceptors (Lipinski definition) is 5. The van der Waals surface area contributed by atoms with Gasteiger partial charge < -0.3 is 9.50 Å². The fraction of sp³-hybridized carbons (Fsp3) is 0.0833. The van der Waals surface area contributed by atoms with Gasteiger partial charge in [-0.15, -0.1) is 0 Å². The van der Waals surface area contributed by atoms with Crippen molar-refractivity contribution in [1.82, 2.24) is 0 Å². The molecule has 0 saturated carbocycles. The van der Waals surface area contributed by atoms with Crippen LogP contribution in [0.2, 0.25) is 5.02 Å². The lowest BCUT2D eigenvalue weighted by Crippen LogP contribution is -2.14. The highest BCUT2D eigenvalue weighted by Crippen LogP contribution is 2.29. The maximum Gasteiger partial charge on any atom is 0.339 e. The Kier molecular flexibility index (Phi) is 7.59. The Balaban J connectivity index is 1.95. The first-order valence-corrected chi connectivity index (χ1v) is 12.2. The fourth-order valence-corrected chi connectivity index (χ4v) is 4.32. The van der Waals surface area contributed by atoms with Crippen molar-refractivity contribution < 1.29 is 17.4 Å². The third-order valence-electron chi connectivity index (χ3n) is 4.66. The Morgan fingerprint density at radius 1 is 1.12 bits per heavy atom. The molecule has 1 N–H and O–H groups in total. The first kappa shape index (κ1) is 24.5. The zero-order chi connectivity index (χ0) is 24.2. The van der Waals surface area contributed by atoms with Crippen LogP contribution < -0.4 is 9.50 Å². The lowest BCUT2D eigenvalue weighted by molar-refractivity contribution is -0.112. The molecule has 0 spiro atoms. The van der Waals surface area contributed by atoms with Gasteiger partial charge in [-0.25, -0.2) is 0 Å². The van der Waals surface area contributed by atoms with E-state index in [1.807, 2.05) is 13.0 Å². The summed E-state index contributed by atoms with van der Waals surface area (Å²) in [6, 6.07) is 17.7. The summed E-state index contributed by atoms with van der Waals surface area (Å²) in [6.45, 7) is 3.58. The van der Waals surface area contributed by atoms with Crippen LogP contribution in [0.15, 0.2) is 75.6 Å². The normalized spacial score (nSPS) is 11.5. The van der Waals surface area contributed by atoms with Gasteiger partial charge in [0.1, 0.15) is 22.3 Å². The largest absolute Gasteiger partial charge is 0.378 e. The van der Waals surface area contributed by atoms with Gasteiger partial charge in [0.05, 0.1) is 0 Å². The highest BCUT2D eigenvalue weighted by molar-refractivity contribution is 9.10. The molecule has 9 heteroatoms. The van der Waals surface area contributed by atoms with E-state index in [9.17, 15) is 18.5 Å². The van der Waals surface area contributed by atoms with Crippen LogP contribution in [0.5, 0.6) is 5.75 Å². The second-order valence-electron chi connectivity index (χ2n) is 7.07. The van der Waals surface area contributed by atoms with Crippen molar-refractivity contribution in [1.29, 1.82) is 5.26 Å². The van der Waals surface area contributed by atoms with Gasteiger partial charge in [-0.2, -0.15) is 13.7 Å². The molecule has 0 bridgehead atoms. The average Bonchev–Trinajstić information content (AvgIpc) is 2.77. The number of carbonyl (C=O) groups excluding carboxylic acids is 1. The molecule has 3 aromatic rings. The van der Waals surface area contributed by atoms with Crippen LogP contribution in [0.4, 0.5) is 5.69 Å². The summed E-state index contributed by atoms with van der Waals surface area (Å²) >= 11 is 9.41. The minimum Gasteiger partial charge on any atom is -0.378 e. The molecule has 3 rings (SSSR count). The summed E-state index contributed by atoms with van der Waals surface area (Å²) in [5.41, 5.74) is 2.00. The number of nitrogens with zero attached hydrogens (tertiary/aromatic N) is 1. The predicted molar refractivity (Wildman–Crippen MR) is 132 cm³/mol. The standard InChI is InChI=1S/C24H18BrClN2O4S/c1-15-6-9-20(10-7-15)33(30,31)32-23-11-8-19(25)13-17(23)12-18(14-27)24(29)28-22-5-3-4-21(26)16(22)2/h3-13H,1-2H3,(H,28,29)/b18-12+. The van der Waals surface area contributed by atoms with Crippen LogP contribution in [0.25, 0.3) is 6.08 Å². The topological polar surface area (TPSA) is 96.3 Å². The molecule has 6 nitrogen and oxygen atoms in total. The van der Waals surface area contributed by atoms with Crippen LogP contribution in [-0.2, 0) is 14.9 Å². The van der Waals surface area contributed by atoms with Crippen molar-refractivity contribution in [3.63, 3.8) is 0 Å². The van der Waals surface area contributed by atoms with E-state index in [4.69, 9.17) is 15.8 Å². The molecular weight excluding hydrogens is 528 g/mol. The SMILES string of the molecule is Cc1ccc(S(=O)(=O)Oc2ccc(Br)cc2/C=C(\C#N)C(=O)Nc2cccc(Cl)c2C)cc1. The van der Waals surface area contributed by atoms with Gasteiger partial charge in [-0.1, -0.05) is 51.3 Å². The molecule has 0 aliphatic heterocycles. The highest BCUT2D eigenvalue weighted by Gasteiger charge is 2.19. The van der Waals surface area contributed by atoms with Crippen LogP contribution in [0, 0.1) is 25.2 Å². The van der Waals surface area contributed by atoms with Gasteiger partial charge in [-0.3, -0.25) is 4.79 Å². The van der Waals surface area contributed by atoms with Gasteiger partial charge in [0, 0.05) is 20.7 Å². The molecule has 3 aromatic carbocycles. The second kappa shape index (κ2) is 10.2. The van der Waals surface area contributed by atoms with Crippen LogP contribution >= 0.6 is 27.5 Å². The van der Waals surface area contributed by atoms with E-state index >= 15 is 0 Å². The maximum atomic E-state index is 12.7. The molecular formula is C24H18BrClN2O4S. The Bertz CT molecular complexity index is 1390. The van der Waals surface area contributed by atoms with E-state index in [2.05, 4.69) is 21.2 Å². The Morgan fingerprint density at radius 2 is 1.82 bits per heavy atom. The monoisotopic (exact) mass is 544 g/mol. The number of nitriles is 1. The number of anilines is 1. The summed E-state index contributed by atoms with van der Waals surface area (Å²) in [5.74, 6) is -0.701. The van der Waals surface area contributed by atoms with Crippen molar-refractivity contribution in [2.24, 2.45) is 0 Å². The van der Waals surface area contributed by atoms with Crippen LogP contribution in [0.3, 0.4) is 0 Å². The molecule has 0 fully saturated rings. The lowest BCUT2D eigenvalue weighted by Gasteiger charge is -2.11. The maximum absolute atomic E-state index is 12.7. The predicted octanol–water partition coefficient (Wildman–Crippen LogP) is 6.03. The molecule has 33 heavy (non-hydrogen) atoms. The van der Waals surface area contributed by atoms with Gasteiger partial charge in [0.15, 0.2) is 0 Å². The minimum atomic E-state index is -4.13. The van der Waals surface area contributed by atoms with E-state index in [0.29, 0.717) is 20.7 Å². The van der Waals surface area contributed by atoms with E-state index in [0.717, 1.165) is 5.56 Å². The van der Waals surface area contributed by atoms with Crippen LogP contribution in [0.1, 0.15) is 16.7 Å². The summed E-state index contributed by atoms with van der Waals surface area (Å²) in [5, 5.41) is 12.7. The first-order valence-electron chi connectivity index (χ1n) is 9.59. The lowest BCUT2D eigenvalue weighted by atomic mass is 10.1. The van der Waals surface area contributed by atoms with Gasteiger partial charge in [0.25, 0.3) is 5.91 Å². The number of halogens is 2.